The molecular weight excluding hydrogens is 584 g/mol. The van der Waals surface area contributed by atoms with Gasteiger partial charge >= 0.3 is 11.9 Å². The Hall–Kier alpha value is -5.16. The molecule has 1 N–H and O–H groups in total. The molecule has 4 aromatic rings. The number of hydrogen-bond acceptors (Lipinski definition) is 9. The lowest BCUT2D eigenvalue weighted by molar-refractivity contribution is -0.139. The summed E-state index contributed by atoms with van der Waals surface area (Å²) < 4.78 is 24.1. The standard InChI is InChI=1S/C33H30N2O8S/c1-5-42-32(39)28-19(2)34-33-35(29(28)23-12-15-25(40-3)26(17-23)41-4)30(36)27(44-33)16-20-8-13-24(14-9-20)43-18-21-6-10-22(11-7-21)31(37)38/h6-17,29H,5,18H2,1-4H3,(H,37,38)/b27-16+/t29-/m0/s1. The molecule has 10 nitrogen and oxygen atoms in total. The summed E-state index contributed by atoms with van der Waals surface area (Å²) >= 11 is 1.23. The van der Waals surface area contributed by atoms with E-state index in [1.165, 1.54) is 42.3 Å². The van der Waals surface area contributed by atoms with E-state index in [2.05, 4.69) is 4.99 Å². The van der Waals surface area contributed by atoms with Crippen LogP contribution in [-0.2, 0) is 16.1 Å². The summed E-state index contributed by atoms with van der Waals surface area (Å²) in [5.74, 6) is 0.0759. The van der Waals surface area contributed by atoms with Crippen LogP contribution in [0, 0.1) is 0 Å². The van der Waals surface area contributed by atoms with Crippen LogP contribution in [0.2, 0.25) is 0 Å². The van der Waals surface area contributed by atoms with Crippen molar-refractivity contribution in [1.82, 2.24) is 4.57 Å². The molecule has 11 heteroatoms. The highest BCUT2D eigenvalue weighted by Gasteiger charge is 2.34. The Morgan fingerprint density at radius 1 is 1.00 bits per heavy atom. The van der Waals surface area contributed by atoms with Crippen molar-refractivity contribution in [3.63, 3.8) is 0 Å². The maximum atomic E-state index is 13.9. The van der Waals surface area contributed by atoms with Crippen LogP contribution in [0.1, 0.15) is 46.9 Å². The van der Waals surface area contributed by atoms with E-state index >= 15 is 0 Å². The van der Waals surface area contributed by atoms with Crippen molar-refractivity contribution in [2.45, 2.75) is 26.5 Å². The Morgan fingerprint density at radius 2 is 1.70 bits per heavy atom. The summed E-state index contributed by atoms with van der Waals surface area (Å²) in [5, 5.41) is 9.06. The first-order valence-corrected chi connectivity index (χ1v) is 14.5. The number of esters is 1. The molecule has 0 bridgehead atoms. The van der Waals surface area contributed by atoms with Crippen molar-refractivity contribution >= 4 is 29.4 Å². The second-order valence-electron chi connectivity index (χ2n) is 9.78. The van der Waals surface area contributed by atoms with Gasteiger partial charge in [-0.25, -0.2) is 14.6 Å². The predicted octanol–water partition coefficient (Wildman–Crippen LogP) is 4.09. The molecule has 44 heavy (non-hydrogen) atoms. The van der Waals surface area contributed by atoms with Crippen molar-refractivity contribution < 1.29 is 33.6 Å². The minimum absolute atomic E-state index is 0.176. The number of carboxylic acids is 1. The highest BCUT2D eigenvalue weighted by atomic mass is 32.1. The number of allylic oxidation sites excluding steroid dienone is 1. The number of rotatable bonds is 10. The van der Waals surface area contributed by atoms with Gasteiger partial charge in [0.2, 0.25) is 0 Å². The third-order valence-corrected chi connectivity index (χ3v) is 8.01. The monoisotopic (exact) mass is 614 g/mol. The van der Waals surface area contributed by atoms with Crippen LogP contribution in [-0.4, -0.2) is 42.4 Å². The van der Waals surface area contributed by atoms with Gasteiger partial charge in [0.05, 0.1) is 48.2 Å². The predicted molar refractivity (Wildman–Crippen MR) is 164 cm³/mol. The fraction of sp³-hybridized carbons (Fsp3) is 0.212. The average molecular weight is 615 g/mol. The number of methoxy groups -OCH3 is 2. The lowest BCUT2D eigenvalue weighted by Gasteiger charge is -2.25. The molecule has 226 valence electrons. The molecule has 1 aromatic heterocycles. The van der Waals surface area contributed by atoms with Crippen molar-refractivity contribution in [2.75, 3.05) is 20.8 Å². The Balaban J connectivity index is 1.48. The molecule has 0 fully saturated rings. The van der Waals surface area contributed by atoms with Crippen molar-refractivity contribution in [3.8, 4) is 17.2 Å². The zero-order valence-electron chi connectivity index (χ0n) is 24.5. The van der Waals surface area contributed by atoms with E-state index in [1.807, 2.05) is 12.1 Å². The van der Waals surface area contributed by atoms with Crippen LogP contribution in [0.4, 0.5) is 0 Å². The quantitative estimate of drug-likeness (QED) is 0.265. The highest BCUT2D eigenvalue weighted by molar-refractivity contribution is 7.07. The van der Waals surface area contributed by atoms with Gasteiger partial charge in [-0.15, -0.1) is 0 Å². The molecule has 0 radical (unpaired) electrons. The maximum absolute atomic E-state index is 13.9. The van der Waals surface area contributed by atoms with Crippen LogP contribution < -0.4 is 29.1 Å². The Morgan fingerprint density at radius 3 is 2.34 bits per heavy atom. The van der Waals surface area contributed by atoms with E-state index in [0.717, 1.165) is 11.1 Å². The van der Waals surface area contributed by atoms with Crippen LogP contribution in [0.3, 0.4) is 0 Å². The van der Waals surface area contributed by atoms with E-state index in [-0.39, 0.29) is 29.9 Å². The third kappa shape index (κ3) is 6.13. The molecule has 1 atom stereocenters. The van der Waals surface area contributed by atoms with E-state index in [0.29, 0.717) is 37.8 Å². The van der Waals surface area contributed by atoms with Gasteiger partial charge in [0.15, 0.2) is 16.3 Å². The largest absolute Gasteiger partial charge is 0.493 e. The fourth-order valence-electron chi connectivity index (χ4n) is 4.85. The number of aromatic carboxylic acids is 1. The second kappa shape index (κ2) is 13.0. The highest BCUT2D eigenvalue weighted by Crippen LogP contribution is 2.36. The smallest absolute Gasteiger partial charge is 0.338 e. The number of benzene rings is 3. The SMILES string of the molecule is CCOC(=O)C1=C(C)N=c2s/c(=C/c3ccc(OCc4ccc(C(=O)O)cc4)cc3)c(=O)n2[C@H]1c1ccc(OC)c(OC)c1. The number of hydrogen-bond donors (Lipinski definition) is 1. The summed E-state index contributed by atoms with van der Waals surface area (Å²) in [7, 11) is 3.06. The van der Waals surface area contributed by atoms with E-state index in [4.69, 9.17) is 24.1 Å². The van der Waals surface area contributed by atoms with Crippen molar-refractivity contribution in [1.29, 1.82) is 0 Å². The Kier molecular flexibility index (Phi) is 8.96. The molecule has 1 aliphatic heterocycles. The Bertz CT molecular complexity index is 1920. The number of carboxylic acid groups (broad SMARTS) is 1. The first kappa shape index (κ1) is 30.3. The fourth-order valence-corrected chi connectivity index (χ4v) is 5.90. The molecule has 0 saturated heterocycles. The van der Waals surface area contributed by atoms with Crippen LogP contribution >= 0.6 is 11.3 Å². The number of carbonyl (C=O) groups is 2. The van der Waals surface area contributed by atoms with Gasteiger partial charge < -0.3 is 24.1 Å². The van der Waals surface area contributed by atoms with Gasteiger partial charge in [-0.3, -0.25) is 9.36 Å². The number of fused-ring (bicyclic) bond motifs is 1. The number of carbonyl (C=O) groups excluding carboxylic acids is 1. The first-order chi connectivity index (χ1) is 21.2. The van der Waals surface area contributed by atoms with Gasteiger partial charge in [-0.05, 0) is 73.0 Å². The molecule has 0 spiro atoms. The van der Waals surface area contributed by atoms with Gasteiger partial charge in [0.25, 0.3) is 5.56 Å². The molecule has 1 aliphatic rings. The number of thiazole rings is 1. The minimum atomic E-state index is -0.980. The summed E-state index contributed by atoms with van der Waals surface area (Å²) in [6.07, 6.45) is 1.77. The summed E-state index contributed by atoms with van der Waals surface area (Å²) in [6.45, 7) is 3.91. The molecule has 0 saturated carbocycles. The zero-order chi connectivity index (χ0) is 31.4. The van der Waals surface area contributed by atoms with Crippen molar-refractivity contribution in [3.05, 3.63) is 120 Å². The van der Waals surface area contributed by atoms with Crippen LogP contribution in [0.15, 0.2) is 87.8 Å². The number of aromatic nitrogens is 1. The lowest BCUT2D eigenvalue weighted by Crippen LogP contribution is -2.39. The van der Waals surface area contributed by atoms with E-state index in [9.17, 15) is 14.4 Å². The van der Waals surface area contributed by atoms with Gasteiger partial charge in [0, 0.05) is 0 Å². The minimum Gasteiger partial charge on any atom is -0.493 e. The molecule has 2 heterocycles. The van der Waals surface area contributed by atoms with Gasteiger partial charge in [-0.1, -0.05) is 41.7 Å². The molecule has 0 aliphatic carbocycles. The molecule has 0 unspecified atom stereocenters. The molecular formula is C33H30N2O8S. The normalized spacial score (nSPS) is 14.5. The zero-order valence-corrected chi connectivity index (χ0v) is 25.3. The maximum Gasteiger partial charge on any atom is 0.338 e. The molecule has 5 rings (SSSR count). The molecule has 0 amide bonds. The summed E-state index contributed by atoms with van der Waals surface area (Å²) in [5.41, 5.74) is 2.91. The van der Waals surface area contributed by atoms with Gasteiger partial charge in [-0.2, -0.15) is 0 Å². The summed E-state index contributed by atoms with van der Waals surface area (Å²) in [4.78, 5) is 43.2. The first-order valence-electron chi connectivity index (χ1n) is 13.7. The number of ether oxygens (including phenoxy) is 4. The van der Waals surface area contributed by atoms with Gasteiger partial charge in [0.1, 0.15) is 12.4 Å². The topological polar surface area (TPSA) is 126 Å². The number of nitrogens with zero attached hydrogens (tertiary/aromatic N) is 2. The average Bonchev–Trinajstić information content (AvgIpc) is 3.33. The van der Waals surface area contributed by atoms with Crippen LogP contribution in [0.5, 0.6) is 17.2 Å². The second-order valence-corrected chi connectivity index (χ2v) is 10.8. The lowest BCUT2D eigenvalue weighted by atomic mass is 9.95. The van der Waals surface area contributed by atoms with E-state index < -0.39 is 18.0 Å². The Labute approximate surface area is 256 Å². The van der Waals surface area contributed by atoms with E-state index in [1.54, 1.807) is 62.4 Å². The van der Waals surface area contributed by atoms with Crippen LogP contribution in [0.25, 0.3) is 6.08 Å². The van der Waals surface area contributed by atoms with Crippen molar-refractivity contribution in [2.24, 2.45) is 4.99 Å². The molecule has 3 aromatic carbocycles. The third-order valence-electron chi connectivity index (χ3n) is 7.02. The summed E-state index contributed by atoms with van der Waals surface area (Å²) in [6, 6.07) is 18.2.